The zero-order valence-electron chi connectivity index (χ0n) is 20.1. The highest BCUT2D eigenvalue weighted by atomic mass is 32.1. The molecule has 0 saturated carbocycles. The first-order chi connectivity index (χ1) is 17.5. The van der Waals surface area contributed by atoms with Gasteiger partial charge in [-0.1, -0.05) is 43.3 Å². The number of nitrogens with zero attached hydrogens (tertiary/aromatic N) is 1. The van der Waals surface area contributed by atoms with E-state index in [9.17, 15) is 14.7 Å². The summed E-state index contributed by atoms with van der Waals surface area (Å²) in [6, 6.07) is 16.7. The summed E-state index contributed by atoms with van der Waals surface area (Å²) in [5.74, 6) is -0.454. The standard InChI is InChI=1S/C28H28N4O3S/c1-2-17-12-13-23(33)20(14-17)21-15-22(32-31-21)26(34)30-28-25(19-10-6-7-11-24(19)36-28)27(35)29-16-18-8-4-3-5-9-18/h3-5,8-9,12-15,33H,2,6-7,10-11,16H2,1H3,(H,29,35)(H,30,34)(H,31,32). The van der Waals surface area contributed by atoms with Gasteiger partial charge in [0, 0.05) is 17.0 Å². The maximum Gasteiger partial charge on any atom is 0.274 e. The second kappa shape index (κ2) is 10.4. The van der Waals surface area contributed by atoms with Crippen LogP contribution in [0.25, 0.3) is 11.3 Å². The number of hydrogen-bond donors (Lipinski definition) is 4. The molecule has 184 valence electrons. The Kier molecular flexibility index (Phi) is 6.86. The summed E-state index contributed by atoms with van der Waals surface area (Å²) in [4.78, 5) is 27.6. The number of aryl methyl sites for hydroxylation is 2. The average Bonchev–Trinajstić information content (AvgIpc) is 3.53. The number of aromatic amines is 1. The molecule has 0 aliphatic heterocycles. The van der Waals surface area contributed by atoms with Gasteiger partial charge in [0.2, 0.25) is 0 Å². The van der Waals surface area contributed by atoms with Crippen LogP contribution < -0.4 is 10.6 Å². The monoisotopic (exact) mass is 500 g/mol. The van der Waals surface area contributed by atoms with E-state index in [1.165, 1.54) is 11.3 Å². The smallest absolute Gasteiger partial charge is 0.274 e. The van der Waals surface area contributed by atoms with Crippen molar-refractivity contribution in [3.63, 3.8) is 0 Å². The van der Waals surface area contributed by atoms with Gasteiger partial charge in [-0.05, 0) is 67.0 Å². The predicted molar refractivity (Wildman–Crippen MR) is 142 cm³/mol. The van der Waals surface area contributed by atoms with Crippen molar-refractivity contribution < 1.29 is 14.7 Å². The molecule has 0 bridgehead atoms. The van der Waals surface area contributed by atoms with Crippen LogP contribution in [0.1, 0.15) is 62.2 Å². The van der Waals surface area contributed by atoms with Gasteiger partial charge < -0.3 is 15.7 Å². The highest BCUT2D eigenvalue weighted by Crippen LogP contribution is 2.38. The van der Waals surface area contributed by atoms with Crippen molar-refractivity contribution in [1.82, 2.24) is 15.5 Å². The highest BCUT2D eigenvalue weighted by Gasteiger charge is 2.27. The van der Waals surface area contributed by atoms with E-state index < -0.39 is 0 Å². The number of H-pyrrole nitrogens is 1. The number of aromatic hydroxyl groups is 1. The number of benzene rings is 2. The van der Waals surface area contributed by atoms with Crippen molar-refractivity contribution in [3.05, 3.63) is 87.4 Å². The van der Waals surface area contributed by atoms with E-state index >= 15 is 0 Å². The molecule has 4 aromatic rings. The first kappa shape index (κ1) is 23.8. The van der Waals surface area contributed by atoms with Crippen molar-refractivity contribution >= 4 is 28.2 Å². The molecular formula is C28H28N4O3S. The summed E-state index contributed by atoms with van der Waals surface area (Å²) < 4.78 is 0. The van der Waals surface area contributed by atoms with Crippen LogP contribution in [0.2, 0.25) is 0 Å². The fourth-order valence-corrected chi connectivity index (χ4v) is 5.80. The number of thiophene rings is 1. The molecule has 0 fully saturated rings. The summed E-state index contributed by atoms with van der Waals surface area (Å²) >= 11 is 1.48. The van der Waals surface area contributed by atoms with Gasteiger partial charge in [-0.2, -0.15) is 5.10 Å². The van der Waals surface area contributed by atoms with Crippen LogP contribution in [0, 0.1) is 0 Å². The molecule has 0 atom stereocenters. The zero-order chi connectivity index (χ0) is 25.1. The summed E-state index contributed by atoms with van der Waals surface area (Å²) in [5.41, 5.74) is 4.99. The molecule has 7 nitrogen and oxygen atoms in total. The molecule has 2 heterocycles. The van der Waals surface area contributed by atoms with Gasteiger partial charge in [0.1, 0.15) is 16.4 Å². The van der Waals surface area contributed by atoms with Gasteiger partial charge in [0.15, 0.2) is 0 Å². The number of amides is 2. The second-order valence-corrected chi connectivity index (χ2v) is 10.0. The fraction of sp³-hybridized carbons (Fsp3) is 0.250. The number of carbonyl (C=O) groups excluding carboxylic acids is 2. The number of carbonyl (C=O) groups is 2. The number of phenols is 1. The van der Waals surface area contributed by atoms with Crippen LogP contribution in [0.4, 0.5) is 5.00 Å². The third kappa shape index (κ3) is 4.90. The number of rotatable bonds is 7. The molecule has 1 aliphatic carbocycles. The third-order valence-electron chi connectivity index (χ3n) is 6.49. The first-order valence-corrected chi connectivity index (χ1v) is 13.0. The van der Waals surface area contributed by atoms with Gasteiger partial charge in [-0.15, -0.1) is 11.3 Å². The summed E-state index contributed by atoms with van der Waals surface area (Å²) in [7, 11) is 0. The third-order valence-corrected chi connectivity index (χ3v) is 7.70. The van der Waals surface area contributed by atoms with E-state index in [-0.39, 0.29) is 23.3 Å². The average molecular weight is 501 g/mol. The second-order valence-electron chi connectivity index (χ2n) is 8.91. The Hall–Kier alpha value is -3.91. The Bertz CT molecular complexity index is 1410. The fourth-order valence-electron chi connectivity index (χ4n) is 4.52. The lowest BCUT2D eigenvalue weighted by molar-refractivity contribution is 0.0951. The zero-order valence-corrected chi connectivity index (χ0v) is 20.9. The maximum absolute atomic E-state index is 13.3. The molecule has 2 aromatic heterocycles. The molecule has 2 aromatic carbocycles. The number of phenolic OH excluding ortho intramolecular Hbond substituents is 1. The van der Waals surface area contributed by atoms with Crippen LogP contribution in [-0.4, -0.2) is 27.1 Å². The van der Waals surface area contributed by atoms with E-state index in [2.05, 4.69) is 20.8 Å². The minimum atomic E-state index is -0.379. The maximum atomic E-state index is 13.3. The summed E-state index contributed by atoms with van der Waals surface area (Å²) in [6.07, 6.45) is 4.67. The predicted octanol–water partition coefficient (Wildman–Crippen LogP) is 5.47. The van der Waals surface area contributed by atoms with Crippen molar-refractivity contribution in [3.8, 4) is 17.0 Å². The Morgan fingerprint density at radius 3 is 2.64 bits per heavy atom. The number of fused-ring (bicyclic) bond motifs is 1. The first-order valence-electron chi connectivity index (χ1n) is 12.2. The molecule has 0 radical (unpaired) electrons. The van der Waals surface area contributed by atoms with Crippen molar-refractivity contribution in [2.75, 3.05) is 5.32 Å². The molecule has 36 heavy (non-hydrogen) atoms. The van der Waals surface area contributed by atoms with Gasteiger partial charge >= 0.3 is 0 Å². The quantitative estimate of drug-likeness (QED) is 0.270. The van der Waals surface area contributed by atoms with E-state index in [0.29, 0.717) is 28.4 Å². The Labute approximate surface area is 213 Å². The van der Waals surface area contributed by atoms with E-state index in [0.717, 1.165) is 53.7 Å². The molecule has 0 saturated heterocycles. The van der Waals surface area contributed by atoms with Crippen LogP contribution in [0.15, 0.2) is 54.6 Å². The summed E-state index contributed by atoms with van der Waals surface area (Å²) in [5, 5.41) is 23.8. The van der Waals surface area contributed by atoms with Crippen LogP contribution in [-0.2, 0) is 25.8 Å². The van der Waals surface area contributed by atoms with Gasteiger partial charge in [0.25, 0.3) is 11.8 Å². The molecule has 0 unspecified atom stereocenters. The molecule has 0 spiro atoms. The Balaban J connectivity index is 1.38. The molecule has 4 N–H and O–H groups in total. The molecule has 1 aliphatic rings. The van der Waals surface area contributed by atoms with Crippen molar-refractivity contribution in [2.45, 2.75) is 45.6 Å². The largest absolute Gasteiger partial charge is 0.507 e. The van der Waals surface area contributed by atoms with Gasteiger partial charge in [-0.3, -0.25) is 14.7 Å². The number of hydrogen-bond acceptors (Lipinski definition) is 5. The van der Waals surface area contributed by atoms with Crippen molar-refractivity contribution in [2.24, 2.45) is 0 Å². The minimum absolute atomic E-state index is 0.106. The lowest BCUT2D eigenvalue weighted by atomic mass is 9.95. The lowest BCUT2D eigenvalue weighted by Gasteiger charge is -2.13. The molecule has 8 heteroatoms. The van der Waals surface area contributed by atoms with E-state index in [1.807, 2.05) is 49.4 Å². The van der Waals surface area contributed by atoms with Gasteiger partial charge in [0.05, 0.1) is 11.3 Å². The Morgan fingerprint density at radius 1 is 1.03 bits per heavy atom. The SMILES string of the molecule is CCc1ccc(O)c(-c2cc(C(=O)Nc3sc4c(c3C(=O)NCc3ccccc3)CCCC4)[nH]n2)c1. The van der Waals surface area contributed by atoms with Crippen molar-refractivity contribution in [1.29, 1.82) is 0 Å². The molecule has 2 amide bonds. The van der Waals surface area contributed by atoms with Crippen LogP contribution >= 0.6 is 11.3 Å². The lowest BCUT2D eigenvalue weighted by Crippen LogP contribution is -2.25. The van der Waals surface area contributed by atoms with Crippen LogP contribution in [0.5, 0.6) is 5.75 Å². The van der Waals surface area contributed by atoms with E-state index in [1.54, 1.807) is 12.1 Å². The Morgan fingerprint density at radius 2 is 1.83 bits per heavy atom. The number of nitrogens with one attached hydrogen (secondary N) is 3. The topological polar surface area (TPSA) is 107 Å². The normalized spacial score (nSPS) is 12.7. The number of aromatic nitrogens is 2. The van der Waals surface area contributed by atoms with Gasteiger partial charge in [-0.25, -0.2) is 0 Å². The van der Waals surface area contributed by atoms with Crippen LogP contribution in [0.3, 0.4) is 0 Å². The minimum Gasteiger partial charge on any atom is -0.507 e. The highest BCUT2D eigenvalue weighted by molar-refractivity contribution is 7.17. The number of anilines is 1. The molecular weight excluding hydrogens is 472 g/mol. The summed E-state index contributed by atoms with van der Waals surface area (Å²) in [6.45, 7) is 2.45. The van der Waals surface area contributed by atoms with E-state index in [4.69, 9.17) is 0 Å². The molecule has 5 rings (SSSR count).